The van der Waals surface area contributed by atoms with Gasteiger partial charge in [-0.3, -0.25) is 9.13 Å². The lowest BCUT2D eigenvalue weighted by atomic mass is 10.00. The molecule has 57 heavy (non-hydrogen) atoms. The van der Waals surface area contributed by atoms with E-state index in [9.17, 15) is 0 Å². The number of rotatable bonds is 6. The molecular formula is C53H36N4. The van der Waals surface area contributed by atoms with Crippen LogP contribution in [0, 0.1) is 0 Å². The van der Waals surface area contributed by atoms with Crippen molar-refractivity contribution >= 4 is 55.1 Å². The summed E-state index contributed by atoms with van der Waals surface area (Å²) in [6, 6.07) is 66.9. The molecule has 0 saturated heterocycles. The van der Waals surface area contributed by atoms with Crippen molar-refractivity contribution in [2.45, 2.75) is 6.42 Å². The first kappa shape index (κ1) is 32.8. The largest absolute Gasteiger partial charge is 0.294 e. The molecule has 0 unspecified atom stereocenters. The van der Waals surface area contributed by atoms with Gasteiger partial charge in [0, 0.05) is 33.5 Å². The molecule has 0 aliphatic carbocycles. The first-order valence-electron chi connectivity index (χ1n) is 19.5. The van der Waals surface area contributed by atoms with Crippen molar-refractivity contribution in [2.75, 3.05) is 0 Å². The molecule has 4 nitrogen and oxygen atoms in total. The van der Waals surface area contributed by atoms with Crippen molar-refractivity contribution in [3.8, 4) is 39.3 Å². The molecule has 1 aliphatic heterocycles. The Kier molecular flexibility index (Phi) is 7.85. The highest BCUT2D eigenvalue weighted by molar-refractivity contribution is 6.19. The fourth-order valence-corrected chi connectivity index (χ4v) is 8.49. The van der Waals surface area contributed by atoms with E-state index in [1.165, 1.54) is 43.8 Å². The Morgan fingerprint density at radius 2 is 0.930 bits per heavy atom. The summed E-state index contributed by atoms with van der Waals surface area (Å²) < 4.78 is 4.66. The number of nitrogens with zero attached hydrogens (tertiary/aromatic N) is 4. The minimum atomic E-state index is 0.740. The summed E-state index contributed by atoms with van der Waals surface area (Å²) in [5.41, 5.74) is 13.3. The zero-order valence-electron chi connectivity index (χ0n) is 31.1. The Morgan fingerprint density at radius 3 is 1.63 bits per heavy atom. The maximum Gasteiger partial charge on any atom is 0.138 e. The maximum absolute atomic E-state index is 5.46. The third kappa shape index (κ3) is 5.70. The van der Waals surface area contributed by atoms with Crippen molar-refractivity contribution in [2.24, 2.45) is 4.99 Å². The van der Waals surface area contributed by atoms with Gasteiger partial charge in [0.2, 0.25) is 0 Å². The van der Waals surface area contributed by atoms with Gasteiger partial charge in [-0.2, -0.15) is 0 Å². The van der Waals surface area contributed by atoms with Gasteiger partial charge in [-0.25, -0.2) is 9.98 Å². The van der Waals surface area contributed by atoms with E-state index >= 15 is 0 Å². The van der Waals surface area contributed by atoms with Crippen LogP contribution in [0.1, 0.15) is 12.0 Å². The summed E-state index contributed by atoms with van der Waals surface area (Å²) >= 11 is 0. The van der Waals surface area contributed by atoms with Crippen LogP contribution in [0.3, 0.4) is 0 Å². The lowest BCUT2D eigenvalue weighted by molar-refractivity contribution is 1.08. The molecule has 4 heteroatoms. The molecule has 268 valence electrons. The smallest absolute Gasteiger partial charge is 0.138 e. The normalized spacial score (nSPS) is 13.0. The number of benzene rings is 7. The number of para-hydroxylation sites is 2. The van der Waals surface area contributed by atoms with E-state index in [1.807, 2.05) is 0 Å². The van der Waals surface area contributed by atoms with Gasteiger partial charge in [-0.15, -0.1) is 0 Å². The zero-order chi connectivity index (χ0) is 37.7. The van der Waals surface area contributed by atoms with Crippen molar-refractivity contribution in [1.82, 2.24) is 14.1 Å². The Hall–Kier alpha value is -7.56. The lowest BCUT2D eigenvalue weighted by Gasteiger charge is -2.12. The fourth-order valence-electron chi connectivity index (χ4n) is 8.49. The van der Waals surface area contributed by atoms with Crippen LogP contribution in [0.5, 0.6) is 0 Å². The second kappa shape index (κ2) is 13.6. The molecule has 0 atom stereocenters. The van der Waals surface area contributed by atoms with E-state index < -0.39 is 0 Å². The Labute approximate surface area is 330 Å². The number of fused-ring (bicyclic) bond motifs is 6. The quantitative estimate of drug-likeness (QED) is 0.168. The summed E-state index contributed by atoms with van der Waals surface area (Å²) in [4.78, 5) is 10.8. The second-order valence-electron chi connectivity index (χ2n) is 14.6. The molecule has 0 spiro atoms. The summed E-state index contributed by atoms with van der Waals surface area (Å²) in [6.45, 7) is 0. The average Bonchev–Trinajstić information content (AvgIpc) is 3.65. The molecule has 7 aromatic carbocycles. The van der Waals surface area contributed by atoms with Crippen LogP contribution >= 0.6 is 0 Å². The van der Waals surface area contributed by atoms with Gasteiger partial charge in [0.05, 0.1) is 33.5 Å². The molecule has 0 fully saturated rings. The molecular weight excluding hydrogens is 693 g/mol. The second-order valence-corrected chi connectivity index (χ2v) is 14.6. The summed E-state index contributed by atoms with van der Waals surface area (Å²) in [7, 11) is 0. The molecule has 0 bridgehead atoms. The number of aromatic nitrogens is 3. The lowest BCUT2D eigenvalue weighted by Crippen LogP contribution is -2.03. The Bertz CT molecular complexity index is 3250. The molecule has 10 aromatic rings. The number of pyridine rings is 1. The molecule has 11 rings (SSSR count). The first-order valence-corrected chi connectivity index (χ1v) is 19.5. The van der Waals surface area contributed by atoms with Gasteiger partial charge in [0.15, 0.2) is 0 Å². The van der Waals surface area contributed by atoms with Crippen LogP contribution in [0.15, 0.2) is 211 Å². The highest BCUT2D eigenvalue weighted by Crippen LogP contribution is 2.40. The van der Waals surface area contributed by atoms with Gasteiger partial charge in [-0.05, 0) is 82.4 Å². The minimum Gasteiger partial charge on any atom is -0.294 e. The summed E-state index contributed by atoms with van der Waals surface area (Å²) in [5, 5.41) is 4.77. The Balaban J connectivity index is 1.10. The highest BCUT2D eigenvalue weighted by Gasteiger charge is 2.20. The van der Waals surface area contributed by atoms with E-state index in [0.717, 1.165) is 62.7 Å². The fraction of sp³-hybridized carbons (Fsp3) is 0.0189. The van der Waals surface area contributed by atoms with Crippen molar-refractivity contribution in [3.63, 3.8) is 0 Å². The maximum atomic E-state index is 5.46. The van der Waals surface area contributed by atoms with Gasteiger partial charge >= 0.3 is 0 Å². The summed E-state index contributed by atoms with van der Waals surface area (Å²) in [5.74, 6) is 1.76. The van der Waals surface area contributed by atoms with Crippen LogP contribution < -0.4 is 0 Å². The zero-order valence-corrected chi connectivity index (χ0v) is 31.1. The first-order chi connectivity index (χ1) is 28.3. The topological polar surface area (TPSA) is 35.1 Å². The molecule has 3 aromatic heterocycles. The van der Waals surface area contributed by atoms with E-state index in [0.29, 0.717) is 0 Å². The number of allylic oxidation sites excluding steroid dienone is 3. The van der Waals surface area contributed by atoms with Crippen LogP contribution in [0.4, 0.5) is 0 Å². The van der Waals surface area contributed by atoms with Crippen molar-refractivity contribution in [1.29, 1.82) is 0 Å². The molecule has 1 aliphatic rings. The van der Waals surface area contributed by atoms with Crippen LogP contribution in [-0.4, -0.2) is 19.8 Å². The number of hydrogen-bond donors (Lipinski definition) is 0. The van der Waals surface area contributed by atoms with Gasteiger partial charge in [-0.1, -0.05) is 152 Å². The number of hydrogen-bond acceptors (Lipinski definition) is 2. The van der Waals surface area contributed by atoms with Gasteiger partial charge in [0.25, 0.3) is 0 Å². The number of aliphatic imine (C=N–C) groups is 1. The van der Waals surface area contributed by atoms with Gasteiger partial charge < -0.3 is 0 Å². The van der Waals surface area contributed by atoms with Crippen molar-refractivity contribution in [3.05, 3.63) is 212 Å². The van der Waals surface area contributed by atoms with Crippen LogP contribution in [-0.2, 0) is 0 Å². The average molecular weight is 729 g/mol. The van der Waals surface area contributed by atoms with Crippen molar-refractivity contribution < 1.29 is 0 Å². The van der Waals surface area contributed by atoms with Gasteiger partial charge in [0.1, 0.15) is 11.6 Å². The van der Waals surface area contributed by atoms with E-state index in [4.69, 9.17) is 9.98 Å². The summed E-state index contributed by atoms with van der Waals surface area (Å²) in [6.07, 6.45) is 7.24. The molecule has 4 heterocycles. The predicted octanol–water partition coefficient (Wildman–Crippen LogP) is 13.5. The molecule has 0 saturated carbocycles. The highest BCUT2D eigenvalue weighted by atomic mass is 15.1. The van der Waals surface area contributed by atoms with E-state index in [2.05, 4.69) is 215 Å². The van der Waals surface area contributed by atoms with Crippen LogP contribution in [0.25, 0.3) is 88.8 Å². The molecule has 0 amide bonds. The van der Waals surface area contributed by atoms with E-state index in [-0.39, 0.29) is 0 Å². The SMILES string of the molecule is C1=CCC(c2cccc(-c3ccccc3)c2)=NC(n2c3ccccc3c3cc4c5ccccc5n(-c5cccc(-c6cccc(-c7ccccc7)c6)n5)c4cc32)=C1. The standard InChI is InChI=1S/C53H36N4/c1-3-16-36(17-4-1)38-20-13-22-40(32-38)46-26-9-12-30-52(54-46)56-48-28-10-7-24-42(48)44-34-45-43-25-8-11-29-49(43)57(51(45)35-50(44)56)53-31-15-27-47(55-53)41-23-14-21-39(33-41)37-18-5-2-6-19-37/h1-25,27-35H,26H2. The third-order valence-corrected chi connectivity index (χ3v) is 11.2. The minimum absolute atomic E-state index is 0.740. The Morgan fingerprint density at radius 1 is 0.386 bits per heavy atom. The monoisotopic (exact) mass is 728 g/mol. The predicted molar refractivity (Wildman–Crippen MR) is 239 cm³/mol. The van der Waals surface area contributed by atoms with E-state index in [1.54, 1.807) is 0 Å². The molecule has 0 radical (unpaired) electrons. The van der Waals surface area contributed by atoms with Crippen LogP contribution in [0.2, 0.25) is 0 Å². The third-order valence-electron chi connectivity index (χ3n) is 11.2. The molecule has 0 N–H and O–H groups in total.